The highest BCUT2D eigenvalue weighted by Gasteiger charge is 2.30. The number of fused-ring (bicyclic) bond motifs is 1. The van der Waals surface area contributed by atoms with Crippen molar-refractivity contribution >= 4 is 51.6 Å². The maximum Gasteiger partial charge on any atom is 0.341 e. The molecule has 2 amide bonds. The molecule has 1 aliphatic carbocycles. The van der Waals surface area contributed by atoms with E-state index >= 15 is 0 Å². The first kappa shape index (κ1) is 32.6. The first-order chi connectivity index (χ1) is 22.1. The van der Waals surface area contributed by atoms with Crippen LogP contribution in [0.15, 0.2) is 47.6 Å². The van der Waals surface area contributed by atoms with Crippen LogP contribution in [-0.4, -0.2) is 56.4 Å². The highest BCUT2D eigenvalue weighted by Crippen LogP contribution is 2.40. The van der Waals surface area contributed by atoms with Gasteiger partial charge in [-0.05, 0) is 63.8 Å². The van der Waals surface area contributed by atoms with Crippen molar-refractivity contribution in [2.75, 3.05) is 19.0 Å². The molecule has 13 nitrogen and oxygen atoms in total. The van der Waals surface area contributed by atoms with Gasteiger partial charge in [-0.25, -0.2) is 4.79 Å². The molecule has 5 rings (SSSR count). The van der Waals surface area contributed by atoms with E-state index < -0.39 is 22.0 Å². The fourth-order valence-electron chi connectivity index (χ4n) is 5.09. The number of carbonyl (C=O) groups excluding carboxylic acids is 3. The van der Waals surface area contributed by atoms with E-state index in [2.05, 4.69) is 20.8 Å². The topological polar surface area (TPSA) is 168 Å². The lowest BCUT2D eigenvalue weighted by molar-refractivity contribution is -0.385. The van der Waals surface area contributed by atoms with Crippen LogP contribution in [0.3, 0.4) is 0 Å². The van der Waals surface area contributed by atoms with Crippen molar-refractivity contribution < 1.29 is 28.8 Å². The van der Waals surface area contributed by atoms with Crippen molar-refractivity contribution in [2.24, 2.45) is 0 Å². The smallest absolute Gasteiger partial charge is 0.341 e. The average molecular weight is 665 g/mol. The van der Waals surface area contributed by atoms with Gasteiger partial charge in [0.2, 0.25) is 5.91 Å². The Bertz CT molecular complexity index is 1820. The zero-order valence-corrected chi connectivity index (χ0v) is 27.3. The van der Waals surface area contributed by atoms with Crippen LogP contribution in [0, 0.1) is 17.0 Å². The standard InChI is InChI=1S/C31H32N6O7S2/c1-5-44-30(40)26-20-9-8-12-24(20)46-29(26)33-27(38)18(3)45-31-35-34-25(36(31)21-10-6-7-11-23(21)43-4)16-32-28(39)19-14-13-17(2)22(15-19)37(41)42/h6-7,10-11,13-15,18H,5,8-9,12,16H2,1-4H3,(H,32,39)(H,33,38)/t18-/m0/s1. The number of aromatic nitrogens is 3. The normalized spacial score (nSPS) is 12.7. The van der Waals surface area contributed by atoms with Crippen LogP contribution in [-0.2, 0) is 28.9 Å². The van der Waals surface area contributed by atoms with Crippen LogP contribution in [0.2, 0.25) is 0 Å². The van der Waals surface area contributed by atoms with Gasteiger partial charge in [-0.15, -0.1) is 21.5 Å². The van der Waals surface area contributed by atoms with Crippen molar-refractivity contribution in [2.45, 2.75) is 57.0 Å². The van der Waals surface area contributed by atoms with Gasteiger partial charge in [0.15, 0.2) is 11.0 Å². The molecule has 0 fully saturated rings. The number of para-hydroxylation sites is 2. The predicted octanol–water partition coefficient (Wildman–Crippen LogP) is 5.27. The number of thiophene rings is 1. The number of hydrogen-bond donors (Lipinski definition) is 2. The number of hydrogen-bond acceptors (Lipinski definition) is 11. The number of carbonyl (C=O) groups is 3. The highest BCUT2D eigenvalue weighted by molar-refractivity contribution is 8.00. The van der Waals surface area contributed by atoms with Gasteiger partial charge in [0.05, 0.1) is 41.7 Å². The van der Waals surface area contributed by atoms with Gasteiger partial charge in [0.1, 0.15) is 10.8 Å². The lowest BCUT2D eigenvalue weighted by Crippen LogP contribution is -2.25. The van der Waals surface area contributed by atoms with E-state index in [-0.39, 0.29) is 30.3 Å². The Balaban J connectivity index is 1.39. The number of anilines is 1. The van der Waals surface area contributed by atoms with Crippen LogP contribution >= 0.6 is 23.1 Å². The molecule has 2 aromatic heterocycles. The third kappa shape index (κ3) is 6.74. The van der Waals surface area contributed by atoms with Gasteiger partial charge in [-0.3, -0.25) is 24.3 Å². The Labute approximate surface area is 272 Å². The van der Waals surface area contributed by atoms with Gasteiger partial charge in [0.25, 0.3) is 11.6 Å². The van der Waals surface area contributed by atoms with E-state index in [9.17, 15) is 24.5 Å². The van der Waals surface area contributed by atoms with E-state index in [1.807, 2.05) is 6.07 Å². The summed E-state index contributed by atoms with van der Waals surface area (Å²) in [6.45, 7) is 5.22. The molecule has 0 saturated heterocycles. The van der Waals surface area contributed by atoms with Crippen molar-refractivity contribution in [3.8, 4) is 11.4 Å². The Kier molecular flexibility index (Phi) is 10.0. The molecule has 2 N–H and O–H groups in total. The van der Waals surface area contributed by atoms with Gasteiger partial charge in [0, 0.05) is 22.1 Å². The van der Waals surface area contributed by atoms with Crippen LogP contribution < -0.4 is 15.4 Å². The summed E-state index contributed by atoms with van der Waals surface area (Å²) < 4.78 is 12.6. The minimum atomic E-state index is -0.666. The molecule has 2 heterocycles. The molecule has 15 heteroatoms. The number of methoxy groups -OCH3 is 1. The molecule has 0 aliphatic heterocycles. The Morgan fingerprint density at radius 3 is 2.70 bits per heavy atom. The number of nitro benzene ring substituents is 1. The van der Waals surface area contributed by atoms with Crippen molar-refractivity contribution in [3.63, 3.8) is 0 Å². The summed E-state index contributed by atoms with van der Waals surface area (Å²) in [6.07, 6.45) is 2.58. The number of esters is 1. The minimum absolute atomic E-state index is 0.0731. The van der Waals surface area contributed by atoms with Crippen LogP contribution in [0.25, 0.3) is 5.69 Å². The number of amides is 2. The quantitative estimate of drug-likeness (QED) is 0.0881. The van der Waals surface area contributed by atoms with E-state index in [4.69, 9.17) is 9.47 Å². The molecule has 1 aliphatic rings. The largest absolute Gasteiger partial charge is 0.495 e. The van der Waals surface area contributed by atoms with Crippen LogP contribution in [0.4, 0.5) is 10.7 Å². The van der Waals surface area contributed by atoms with Gasteiger partial charge in [-0.2, -0.15) is 0 Å². The predicted molar refractivity (Wildman–Crippen MR) is 173 cm³/mol. The Hall–Kier alpha value is -4.76. The summed E-state index contributed by atoms with van der Waals surface area (Å²) in [4.78, 5) is 51.2. The summed E-state index contributed by atoms with van der Waals surface area (Å²) in [5.41, 5.74) is 2.37. The minimum Gasteiger partial charge on any atom is -0.495 e. The zero-order valence-electron chi connectivity index (χ0n) is 25.6. The fourth-order valence-corrected chi connectivity index (χ4v) is 7.25. The highest BCUT2D eigenvalue weighted by atomic mass is 32.2. The third-order valence-corrected chi connectivity index (χ3v) is 9.64. The molecule has 4 aromatic rings. The molecule has 0 bridgehead atoms. The molecule has 0 unspecified atom stereocenters. The number of thioether (sulfide) groups is 1. The molecule has 1 atom stereocenters. The molecule has 0 radical (unpaired) electrons. The molecule has 0 spiro atoms. The number of benzene rings is 2. The monoisotopic (exact) mass is 664 g/mol. The van der Waals surface area contributed by atoms with E-state index in [0.29, 0.717) is 38.5 Å². The average Bonchev–Trinajstić information content (AvgIpc) is 3.74. The van der Waals surface area contributed by atoms with Gasteiger partial charge < -0.3 is 20.1 Å². The zero-order chi connectivity index (χ0) is 33.0. The maximum atomic E-state index is 13.5. The number of rotatable bonds is 12. The summed E-state index contributed by atoms with van der Waals surface area (Å²) >= 11 is 2.55. The second-order valence-corrected chi connectivity index (χ2v) is 12.8. The number of nitrogens with one attached hydrogen (secondary N) is 2. The maximum absolute atomic E-state index is 13.5. The third-order valence-electron chi connectivity index (χ3n) is 7.39. The lowest BCUT2D eigenvalue weighted by atomic mass is 10.1. The second kappa shape index (κ2) is 14.1. The summed E-state index contributed by atoms with van der Waals surface area (Å²) in [7, 11) is 1.53. The molecule has 0 saturated carbocycles. The Morgan fingerprint density at radius 2 is 1.96 bits per heavy atom. The fraction of sp³-hybridized carbons (Fsp3) is 0.323. The number of ether oxygens (including phenoxy) is 2. The van der Waals surface area contributed by atoms with E-state index in [1.165, 1.54) is 36.6 Å². The molecule has 240 valence electrons. The first-order valence-electron chi connectivity index (χ1n) is 14.5. The van der Waals surface area contributed by atoms with Crippen molar-refractivity contribution in [3.05, 3.63) is 85.5 Å². The van der Waals surface area contributed by atoms with Crippen molar-refractivity contribution in [1.82, 2.24) is 20.1 Å². The second-order valence-electron chi connectivity index (χ2n) is 10.4. The SMILES string of the molecule is CCOC(=O)c1c(NC(=O)[C@H](C)Sc2nnc(CNC(=O)c3ccc(C)c([N+](=O)[O-])c3)n2-c2ccccc2OC)sc2c1CCC2. The number of nitrogens with zero attached hydrogens (tertiary/aromatic N) is 4. The molecular formula is C31H32N6O7S2. The Morgan fingerprint density at radius 1 is 1.17 bits per heavy atom. The number of nitro groups is 1. The van der Waals surface area contributed by atoms with E-state index in [0.717, 1.165) is 41.5 Å². The molecule has 2 aromatic carbocycles. The van der Waals surface area contributed by atoms with Crippen molar-refractivity contribution in [1.29, 1.82) is 0 Å². The van der Waals surface area contributed by atoms with Gasteiger partial charge in [-0.1, -0.05) is 30.0 Å². The van der Waals surface area contributed by atoms with Gasteiger partial charge >= 0.3 is 5.97 Å². The summed E-state index contributed by atoms with van der Waals surface area (Å²) in [5, 5.41) is 25.9. The lowest BCUT2D eigenvalue weighted by Gasteiger charge is -2.16. The summed E-state index contributed by atoms with van der Waals surface area (Å²) in [5.74, 6) is -0.454. The summed E-state index contributed by atoms with van der Waals surface area (Å²) in [6, 6.07) is 11.4. The molecule has 46 heavy (non-hydrogen) atoms. The van der Waals surface area contributed by atoms with Crippen LogP contribution in [0.1, 0.15) is 62.8 Å². The molecular weight excluding hydrogens is 633 g/mol. The van der Waals surface area contributed by atoms with Crippen LogP contribution in [0.5, 0.6) is 5.75 Å². The first-order valence-corrected chi connectivity index (χ1v) is 16.2. The number of aryl methyl sites for hydroxylation is 2. The van der Waals surface area contributed by atoms with E-state index in [1.54, 1.807) is 43.5 Å².